The Morgan fingerprint density at radius 2 is 1.91 bits per heavy atom. The second-order valence-corrected chi connectivity index (χ2v) is 3.37. The van der Waals surface area contributed by atoms with Crippen molar-refractivity contribution in [3.63, 3.8) is 0 Å². The van der Waals surface area contributed by atoms with Gasteiger partial charge in [0.1, 0.15) is 0 Å². The Hall–Kier alpha value is -0.0800. The van der Waals surface area contributed by atoms with E-state index in [-0.39, 0.29) is 5.60 Å². The molecule has 0 fully saturated rings. The van der Waals surface area contributed by atoms with Crippen LogP contribution in [0.15, 0.2) is 0 Å². The molecule has 0 spiro atoms. The minimum absolute atomic E-state index is 0.131. The molecule has 0 saturated carbocycles. The summed E-state index contributed by atoms with van der Waals surface area (Å²) in [6, 6.07) is 0. The Balaban J connectivity index is 3.23. The largest absolute Gasteiger partial charge is 0.378 e. The van der Waals surface area contributed by atoms with Gasteiger partial charge in [-0.05, 0) is 20.3 Å². The van der Waals surface area contributed by atoms with Crippen LogP contribution < -0.4 is 0 Å². The quantitative estimate of drug-likeness (QED) is 0.555. The van der Waals surface area contributed by atoms with E-state index in [2.05, 4.69) is 6.92 Å². The molecule has 0 heterocycles. The molecule has 68 valence electrons. The summed E-state index contributed by atoms with van der Waals surface area (Å²) in [5.41, 5.74) is -0.131. The van der Waals surface area contributed by atoms with Crippen LogP contribution in [0.3, 0.4) is 0 Å². The van der Waals surface area contributed by atoms with Crippen LogP contribution in [0.5, 0.6) is 0 Å². The van der Waals surface area contributed by atoms with Gasteiger partial charge in [0.25, 0.3) is 0 Å². The molecule has 0 bridgehead atoms. The summed E-state index contributed by atoms with van der Waals surface area (Å²) in [7, 11) is 1.71. The molecule has 0 aromatic rings. The monoisotopic (exact) mass is 160 g/mol. The van der Waals surface area contributed by atoms with Gasteiger partial charge in [-0.2, -0.15) is 0 Å². The fraction of sp³-hybridized carbons (Fsp3) is 1.00. The van der Waals surface area contributed by atoms with Crippen LogP contribution in [0.25, 0.3) is 0 Å². The fourth-order valence-corrected chi connectivity index (χ4v) is 0.623. The number of hydrogen-bond donors (Lipinski definition) is 0. The highest BCUT2D eigenvalue weighted by Crippen LogP contribution is 2.07. The first-order chi connectivity index (χ1) is 5.12. The third-order valence-electron chi connectivity index (χ3n) is 1.64. The zero-order valence-corrected chi connectivity index (χ0v) is 8.14. The number of hydrogen-bond acceptors (Lipinski definition) is 2. The lowest BCUT2D eigenvalue weighted by Gasteiger charge is -2.22. The Bertz CT molecular complexity index is 89.6. The molecule has 0 rings (SSSR count). The van der Waals surface area contributed by atoms with Gasteiger partial charge in [0.05, 0.1) is 12.2 Å². The maximum atomic E-state index is 5.40. The molecule has 0 radical (unpaired) electrons. The van der Waals surface area contributed by atoms with Gasteiger partial charge in [0.2, 0.25) is 0 Å². The molecule has 0 aliphatic rings. The van der Waals surface area contributed by atoms with Crippen molar-refractivity contribution >= 4 is 0 Å². The molecule has 0 amide bonds. The van der Waals surface area contributed by atoms with E-state index in [0.717, 1.165) is 13.0 Å². The van der Waals surface area contributed by atoms with Gasteiger partial charge >= 0.3 is 0 Å². The van der Waals surface area contributed by atoms with E-state index in [1.165, 1.54) is 6.42 Å². The SMILES string of the molecule is CCCCOCC(C)(C)OC. The standard InChI is InChI=1S/C9H20O2/c1-5-6-7-11-8-9(2,3)10-4/h5-8H2,1-4H3. The van der Waals surface area contributed by atoms with Crippen LogP contribution >= 0.6 is 0 Å². The maximum absolute atomic E-state index is 5.40. The van der Waals surface area contributed by atoms with Gasteiger partial charge in [-0.15, -0.1) is 0 Å². The molecule has 11 heavy (non-hydrogen) atoms. The van der Waals surface area contributed by atoms with Gasteiger partial charge in [0.15, 0.2) is 0 Å². The van der Waals surface area contributed by atoms with Crippen molar-refractivity contribution in [1.82, 2.24) is 0 Å². The van der Waals surface area contributed by atoms with Gasteiger partial charge in [0, 0.05) is 13.7 Å². The number of rotatable bonds is 6. The Morgan fingerprint density at radius 3 is 2.36 bits per heavy atom. The summed E-state index contributed by atoms with van der Waals surface area (Å²) in [5, 5.41) is 0. The summed E-state index contributed by atoms with van der Waals surface area (Å²) in [6.45, 7) is 7.75. The number of ether oxygens (including phenoxy) is 2. The Labute approximate surface area is 69.9 Å². The normalized spacial score (nSPS) is 12.0. The van der Waals surface area contributed by atoms with Crippen molar-refractivity contribution in [2.45, 2.75) is 39.2 Å². The first kappa shape index (κ1) is 10.9. The lowest BCUT2D eigenvalue weighted by molar-refractivity contribution is -0.0510. The number of unbranched alkanes of at least 4 members (excludes halogenated alkanes) is 1. The minimum Gasteiger partial charge on any atom is -0.378 e. The summed E-state index contributed by atoms with van der Waals surface area (Å²) in [6.07, 6.45) is 2.33. The third-order valence-corrected chi connectivity index (χ3v) is 1.64. The molecule has 2 heteroatoms. The molecule has 0 aliphatic carbocycles. The van der Waals surface area contributed by atoms with Crippen molar-refractivity contribution in [2.24, 2.45) is 0 Å². The van der Waals surface area contributed by atoms with Gasteiger partial charge in [-0.25, -0.2) is 0 Å². The molecule has 0 aromatic heterocycles. The molecule has 0 aliphatic heterocycles. The summed E-state index contributed by atoms with van der Waals surface area (Å²) < 4.78 is 10.6. The Kier molecular flexibility index (Phi) is 5.51. The molecular weight excluding hydrogens is 140 g/mol. The van der Waals surface area contributed by atoms with Crippen molar-refractivity contribution in [2.75, 3.05) is 20.3 Å². The topological polar surface area (TPSA) is 18.5 Å². The molecule has 2 nitrogen and oxygen atoms in total. The van der Waals surface area contributed by atoms with Crippen molar-refractivity contribution in [1.29, 1.82) is 0 Å². The van der Waals surface area contributed by atoms with Gasteiger partial charge in [-0.3, -0.25) is 0 Å². The highest BCUT2D eigenvalue weighted by Gasteiger charge is 2.15. The second kappa shape index (κ2) is 5.56. The first-order valence-corrected chi connectivity index (χ1v) is 4.25. The zero-order valence-electron chi connectivity index (χ0n) is 8.14. The van der Waals surface area contributed by atoms with Crippen molar-refractivity contribution < 1.29 is 9.47 Å². The van der Waals surface area contributed by atoms with Crippen LogP contribution in [-0.4, -0.2) is 25.9 Å². The van der Waals surface area contributed by atoms with E-state index < -0.39 is 0 Å². The summed E-state index contributed by atoms with van der Waals surface area (Å²) >= 11 is 0. The predicted molar refractivity (Wildman–Crippen MR) is 46.8 cm³/mol. The molecule has 0 atom stereocenters. The van der Waals surface area contributed by atoms with Crippen molar-refractivity contribution in [3.05, 3.63) is 0 Å². The molecular formula is C9H20O2. The average molecular weight is 160 g/mol. The van der Waals surface area contributed by atoms with E-state index in [9.17, 15) is 0 Å². The van der Waals surface area contributed by atoms with E-state index in [0.29, 0.717) is 6.61 Å². The van der Waals surface area contributed by atoms with E-state index in [4.69, 9.17) is 9.47 Å². The van der Waals surface area contributed by atoms with Gasteiger partial charge < -0.3 is 9.47 Å². The Morgan fingerprint density at radius 1 is 1.27 bits per heavy atom. The highest BCUT2D eigenvalue weighted by molar-refractivity contribution is 4.65. The predicted octanol–water partition coefficient (Wildman–Crippen LogP) is 2.23. The molecule has 0 unspecified atom stereocenters. The maximum Gasteiger partial charge on any atom is 0.0855 e. The van der Waals surface area contributed by atoms with Crippen LogP contribution in [0.2, 0.25) is 0 Å². The van der Waals surface area contributed by atoms with E-state index in [1.54, 1.807) is 7.11 Å². The fourth-order valence-electron chi connectivity index (χ4n) is 0.623. The molecule has 0 aromatic carbocycles. The molecule has 0 N–H and O–H groups in total. The minimum atomic E-state index is -0.131. The summed E-state index contributed by atoms with van der Waals surface area (Å²) in [4.78, 5) is 0. The highest BCUT2D eigenvalue weighted by atomic mass is 16.5. The van der Waals surface area contributed by atoms with E-state index >= 15 is 0 Å². The smallest absolute Gasteiger partial charge is 0.0855 e. The van der Waals surface area contributed by atoms with Crippen LogP contribution in [0, 0.1) is 0 Å². The lowest BCUT2D eigenvalue weighted by atomic mass is 10.1. The third kappa shape index (κ3) is 6.32. The van der Waals surface area contributed by atoms with Gasteiger partial charge in [-0.1, -0.05) is 13.3 Å². The summed E-state index contributed by atoms with van der Waals surface area (Å²) in [5.74, 6) is 0. The molecule has 0 saturated heterocycles. The lowest BCUT2D eigenvalue weighted by Crippen LogP contribution is -2.29. The van der Waals surface area contributed by atoms with Crippen LogP contribution in [0.4, 0.5) is 0 Å². The second-order valence-electron chi connectivity index (χ2n) is 3.37. The van der Waals surface area contributed by atoms with Crippen LogP contribution in [-0.2, 0) is 9.47 Å². The average Bonchev–Trinajstić information content (AvgIpc) is 1.99. The first-order valence-electron chi connectivity index (χ1n) is 4.25. The van der Waals surface area contributed by atoms with E-state index in [1.807, 2.05) is 13.8 Å². The number of methoxy groups -OCH3 is 1. The van der Waals surface area contributed by atoms with Crippen LogP contribution in [0.1, 0.15) is 33.6 Å². The van der Waals surface area contributed by atoms with Crippen molar-refractivity contribution in [3.8, 4) is 0 Å². The zero-order chi connectivity index (χ0) is 8.74.